The van der Waals surface area contributed by atoms with Gasteiger partial charge in [-0.3, -0.25) is 0 Å². The van der Waals surface area contributed by atoms with Crippen LogP contribution in [0.3, 0.4) is 0 Å². The number of cyclic esters (lactones) is 2. The molecule has 0 unspecified atom stereocenters. The quantitative estimate of drug-likeness (QED) is 0.666. The Labute approximate surface area is 112 Å². The number of hydrogen-bond acceptors (Lipinski definition) is 4. The molecule has 4 heteroatoms. The number of nitrogens with one attached hydrogen (secondary N) is 1. The molecule has 19 heavy (non-hydrogen) atoms. The van der Waals surface area contributed by atoms with Gasteiger partial charge in [0.2, 0.25) is 0 Å². The largest absolute Gasteiger partial charge is 0.386 e. The van der Waals surface area contributed by atoms with Gasteiger partial charge in [-0.25, -0.2) is 9.59 Å². The average molecular weight is 259 g/mol. The van der Waals surface area contributed by atoms with Crippen LogP contribution in [-0.2, 0) is 24.1 Å². The summed E-state index contributed by atoms with van der Waals surface area (Å²) < 4.78 is 4.77. The van der Waals surface area contributed by atoms with Crippen LogP contribution in [0, 0.1) is 0 Å². The smallest absolute Gasteiger partial charge is 0.347 e. The fourth-order valence-corrected chi connectivity index (χ4v) is 2.93. The van der Waals surface area contributed by atoms with Gasteiger partial charge in [0.15, 0.2) is 0 Å². The third kappa shape index (κ3) is 1.96. The SMILES string of the molecule is CCCCc1c2c(cc3c1C(=O)OC3=O)CCNC2. The molecule has 100 valence electrons. The molecule has 0 atom stereocenters. The number of benzene rings is 1. The molecular formula is C15H17NO3. The summed E-state index contributed by atoms with van der Waals surface area (Å²) in [4.78, 5) is 23.6. The van der Waals surface area contributed by atoms with Gasteiger partial charge in [-0.15, -0.1) is 0 Å². The Morgan fingerprint density at radius 2 is 2.16 bits per heavy atom. The van der Waals surface area contributed by atoms with Crippen LogP contribution in [-0.4, -0.2) is 18.5 Å². The molecule has 0 bridgehead atoms. The molecule has 0 saturated heterocycles. The van der Waals surface area contributed by atoms with Gasteiger partial charge in [0.05, 0.1) is 11.1 Å². The van der Waals surface area contributed by atoms with E-state index < -0.39 is 11.9 Å². The second-order valence-electron chi connectivity index (χ2n) is 5.12. The summed E-state index contributed by atoms with van der Waals surface area (Å²) in [5, 5.41) is 3.34. The predicted molar refractivity (Wildman–Crippen MR) is 70.2 cm³/mol. The topological polar surface area (TPSA) is 55.4 Å². The normalized spacial score (nSPS) is 17.1. The third-order valence-electron chi connectivity index (χ3n) is 3.90. The molecule has 0 aliphatic carbocycles. The van der Waals surface area contributed by atoms with E-state index >= 15 is 0 Å². The van der Waals surface area contributed by atoms with Gasteiger partial charge in [-0.05, 0) is 48.6 Å². The zero-order valence-corrected chi connectivity index (χ0v) is 11.0. The zero-order chi connectivity index (χ0) is 13.4. The highest BCUT2D eigenvalue weighted by atomic mass is 16.6. The Morgan fingerprint density at radius 1 is 1.32 bits per heavy atom. The maximum absolute atomic E-state index is 11.9. The van der Waals surface area contributed by atoms with E-state index in [1.807, 2.05) is 6.07 Å². The van der Waals surface area contributed by atoms with Gasteiger partial charge in [-0.2, -0.15) is 0 Å². The van der Waals surface area contributed by atoms with Crippen molar-refractivity contribution in [3.05, 3.63) is 33.9 Å². The molecule has 1 aromatic rings. The molecule has 1 aromatic carbocycles. The highest BCUT2D eigenvalue weighted by molar-refractivity contribution is 6.15. The molecule has 1 N–H and O–H groups in total. The summed E-state index contributed by atoms with van der Waals surface area (Å²) in [7, 11) is 0. The zero-order valence-electron chi connectivity index (χ0n) is 11.0. The van der Waals surface area contributed by atoms with E-state index in [4.69, 9.17) is 4.74 Å². The first kappa shape index (κ1) is 12.4. The summed E-state index contributed by atoms with van der Waals surface area (Å²) in [6.07, 6.45) is 3.83. The number of unbranched alkanes of at least 4 members (excludes halogenated alkanes) is 1. The van der Waals surface area contributed by atoms with Crippen molar-refractivity contribution >= 4 is 11.9 Å². The van der Waals surface area contributed by atoms with Crippen LogP contribution in [0.15, 0.2) is 6.07 Å². The number of carbonyl (C=O) groups is 2. The number of rotatable bonds is 3. The Hall–Kier alpha value is -1.68. The average Bonchev–Trinajstić information content (AvgIpc) is 2.70. The van der Waals surface area contributed by atoms with Gasteiger partial charge < -0.3 is 10.1 Å². The Balaban J connectivity index is 2.17. The van der Waals surface area contributed by atoms with Crippen LogP contribution in [0.1, 0.15) is 57.2 Å². The number of ether oxygens (including phenoxy) is 1. The van der Waals surface area contributed by atoms with Crippen LogP contribution in [0.5, 0.6) is 0 Å². The van der Waals surface area contributed by atoms with Crippen LogP contribution in [0.4, 0.5) is 0 Å². The maximum atomic E-state index is 11.9. The number of fused-ring (bicyclic) bond motifs is 2. The molecule has 0 spiro atoms. The second-order valence-corrected chi connectivity index (χ2v) is 5.12. The summed E-state index contributed by atoms with van der Waals surface area (Å²) in [5.41, 5.74) is 4.40. The fraction of sp³-hybridized carbons (Fsp3) is 0.467. The minimum Gasteiger partial charge on any atom is -0.386 e. The summed E-state index contributed by atoms with van der Waals surface area (Å²) in [5.74, 6) is -0.960. The first-order chi connectivity index (χ1) is 9.22. The van der Waals surface area contributed by atoms with Crippen molar-refractivity contribution in [2.24, 2.45) is 0 Å². The molecule has 4 nitrogen and oxygen atoms in total. The molecule has 0 saturated carbocycles. The van der Waals surface area contributed by atoms with E-state index in [-0.39, 0.29) is 0 Å². The van der Waals surface area contributed by atoms with Crippen molar-refractivity contribution in [3.63, 3.8) is 0 Å². The summed E-state index contributed by atoms with van der Waals surface area (Å²) in [6, 6.07) is 1.86. The van der Waals surface area contributed by atoms with Gasteiger partial charge in [0.1, 0.15) is 0 Å². The first-order valence-corrected chi connectivity index (χ1v) is 6.87. The molecular weight excluding hydrogens is 242 g/mol. The highest BCUT2D eigenvalue weighted by Gasteiger charge is 2.34. The molecule has 0 aromatic heterocycles. The Morgan fingerprint density at radius 3 is 2.95 bits per heavy atom. The second kappa shape index (κ2) is 4.78. The lowest BCUT2D eigenvalue weighted by molar-refractivity contribution is 0.0443. The van der Waals surface area contributed by atoms with E-state index in [0.29, 0.717) is 11.1 Å². The van der Waals surface area contributed by atoms with Crippen LogP contribution < -0.4 is 5.32 Å². The molecule has 2 aliphatic rings. The lowest BCUT2D eigenvalue weighted by Crippen LogP contribution is -2.26. The molecule has 0 radical (unpaired) electrons. The lowest BCUT2D eigenvalue weighted by Gasteiger charge is -2.22. The van der Waals surface area contributed by atoms with Crippen molar-refractivity contribution in [1.29, 1.82) is 0 Å². The Kier molecular flexibility index (Phi) is 3.11. The van der Waals surface area contributed by atoms with Crippen molar-refractivity contribution in [3.8, 4) is 0 Å². The predicted octanol–water partition coefficient (Wildman–Crippen LogP) is 1.99. The van der Waals surface area contributed by atoms with Crippen LogP contribution in [0.2, 0.25) is 0 Å². The molecule has 0 amide bonds. The third-order valence-corrected chi connectivity index (χ3v) is 3.90. The van der Waals surface area contributed by atoms with E-state index in [1.54, 1.807) is 0 Å². The molecule has 0 fully saturated rings. The van der Waals surface area contributed by atoms with Gasteiger partial charge in [0, 0.05) is 6.54 Å². The minimum atomic E-state index is -0.487. The van der Waals surface area contributed by atoms with Crippen LogP contribution in [0.25, 0.3) is 0 Å². The van der Waals surface area contributed by atoms with E-state index in [9.17, 15) is 9.59 Å². The molecule has 2 heterocycles. The van der Waals surface area contributed by atoms with Crippen molar-refractivity contribution in [2.75, 3.05) is 6.54 Å². The van der Waals surface area contributed by atoms with Crippen molar-refractivity contribution in [2.45, 2.75) is 39.2 Å². The highest BCUT2D eigenvalue weighted by Crippen LogP contribution is 2.32. The Bertz CT molecular complexity index is 563. The summed E-state index contributed by atoms with van der Waals surface area (Å²) in [6.45, 7) is 3.82. The van der Waals surface area contributed by atoms with Gasteiger partial charge in [-0.1, -0.05) is 13.3 Å². The minimum absolute atomic E-state index is 0.469. The fourth-order valence-electron chi connectivity index (χ4n) is 2.93. The lowest BCUT2D eigenvalue weighted by atomic mass is 9.87. The van der Waals surface area contributed by atoms with E-state index in [1.165, 1.54) is 11.1 Å². The monoisotopic (exact) mass is 259 g/mol. The van der Waals surface area contributed by atoms with Gasteiger partial charge >= 0.3 is 11.9 Å². The number of esters is 2. The number of carbonyl (C=O) groups excluding carboxylic acids is 2. The van der Waals surface area contributed by atoms with E-state index in [0.717, 1.165) is 44.3 Å². The maximum Gasteiger partial charge on any atom is 0.347 e. The first-order valence-electron chi connectivity index (χ1n) is 6.87. The van der Waals surface area contributed by atoms with Crippen molar-refractivity contribution < 1.29 is 14.3 Å². The van der Waals surface area contributed by atoms with Gasteiger partial charge in [0.25, 0.3) is 0 Å². The van der Waals surface area contributed by atoms with E-state index in [2.05, 4.69) is 12.2 Å². The molecule has 3 rings (SSSR count). The molecule has 2 aliphatic heterocycles. The number of hydrogen-bond donors (Lipinski definition) is 1. The van der Waals surface area contributed by atoms with Crippen LogP contribution >= 0.6 is 0 Å². The summed E-state index contributed by atoms with van der Waals surface area (Å²) >= 11 is 0. The standard InChI is InChI=1S/C15H17NO3/c1-2-3-4-10-12-8-16-6-5-9(12)7-11-13(10)15(18)19-14(11)17/h7,16H,2-6,8H2,1H3. The van der Waals surface area contributed by atoms with Crippen molar-refractivity contribution in [1.82, 2.24) is 5.32 Å².